The highest BCUT2D eigenvalue weighted by Crippen LogP contribution is 2.41. The van der Waals surface area contributed by atoms with E-state index in [1.54, 1.807) is 0 Å². The molecule has 3 heterocycles. The van der Waals surface area contributed by atoms with Crippen LogP contribution in [0.2, 0.25) is 0 Å². The van der Waals surface area contributed by atoms with E-state index in [0.29, 0.717) is 30.0 Å². The van der Waals surface area contributed by atoms with Gasteiger partial charge < -0.3 is 20.4 Å². The summed E-state index contributed by atoms with van der Waals surface area (Å²) in [5.41, 5.74) is 5.24. The van der Waals surface area contributed by atoms with Gasteiger partial charge in [0.2, 0.25) is 5.43 Å². The summed E-state index contributed by atoms with van der Waals surface area (Å²) in [4.78, 5) is 25.3. The van der Waals surface area contributed by atoms with Crippen molar-refractivity contribution in [1.29, 1.82) is 0 Å². The van der Waals surface area contributed by atoms with Crippen LogP contribution < -0.4 is 26.8 Å². The lowest BCUT2D eigenvalue weighted by Crippen LogP contribution is -2.26. The van der Waals surface area contributed by atoms with Gasteiger partial charge >= 0.3 is 0 Å². The summed E-state index contributed by atoms with van der Waals surface area (Å²) in [6.45, 7) is 2.94. The highest BCUT2D eigenvalue weighted by atomic mass is 32.1. The van der Waals surface area contributed by atoms with Gasteiger partial charge in [0.25, 0.3) is 5.56 Å². The summed E-state index contributed by atoms with van der Waals surface area (Å²) < 4.78 is 24.7. The SMILES string of the molecule is CC1COc2c(NCCN)c(F)cc3c(=O)c4c(=O)[nH]sc4n1c23. The van der Waals surface area contributed by atoms with Crippen molar-refractivity contribution in [2.75, 3.05) is 25.0 Å². The molecule has 9 heteroatoms. The average molecular weight is 350 g/mol. The molecule has 0 radical (unpaired) electrons. The van der Waals surface area contributed by atoms with Crippen molar-refractivity contribution in [3.63, 3.8) is 0 Å². The van der Waals surface area contributed by atoms with Crippen LogP contribution >= 0.6 is 11.5 Å². The van der Waals surface area contributed by atoms with Gasteiger partial charge in [0.1, 0.15) is 22.5 Å². The summed E-state index contributed by atoms with van der Waals surface area (Å²) in [6.07, 6.45) is 0. The summed E-state index contributed by atoms with van der Waals surface area (Å²) >= 11 is 1.10. The second kappa shape index (κ2) is 5.32. The number of aromatic amines is 1. The van der Waals surface area contributed by atoms with Crippen LogP contribution in [0.4, 0.5) is 10.1 Å². The number of pyridine rings is 1. The number of fused-ring (bicyclic) bond motifs is 2. The van der Waals surface area contributed by atoms with Gasteiger partial charge in [-0.1, -0.05) is 0 Å². The Hall–Kier alpha value is -2.39. The van der Waals surface area contributed by atoms with Crippen LogP contribution in [0.3, 0.4) is 0 Å². The van der Waals surface area contributed by atoms with Gasteiger partial charge in [-0.3, -0.25) is 14.0 Å². The van der Waals surface area contributed by atoms with Crippen molar-refractivity contribution in [2.45, 2.75) is 13.0 Å². The molecule has 0 spiro atoms. The van der Waals surface area contributed by atoms with E-state index in [9.17, 15) is 14.0 Å². The summed E-state index contributed by atoms with van der Waals surface area (Å²) in [5, 5.41) is 3.12. The first-order valence-corrected chi connectivity index (χ1v) is 8.34. The van der Waals surface area contributed by atoms with Crippen molar-refractivity contribution < 1.29 is 9.13 Å². The predicted molar refractivity (Wildman–Crippen MR) is 91.9 cm³/mol. The molecule has 4 N–H and O–H groups in total. The molecule has 1 aromatic carbocycles. The standard InChI is InChI=1S/C15H15FN4O3S/c1-6-5-23-13-10(18-3-2-17)8(16)4-7-11(13)20(6)15-9(12(7)21)14(22)19-24-15/h4,6,18H,2-3,5,17H2,1H3,(H,19,22). The highest BCUT2D eigenvalue weighted by Gasteiger charge is 2.29. The van der Waals surface area contributed by atoms with Crippen LogP contribution in [0.5, 0.6) is 5.75 Å². The van der Waals surface area contributed by atoms with Gasteiger partial charge in [0.15, 0.2) is 11.6 Å². The maximum absolute atomic E-state index is 14.5. The Balaban J connectivity index is 2.22. The Bertz CT molecular complexity index is 1080. The van der Waals surface area contributed by atoms with E-state index in [1.165, 1.54) is 0 Å². The van der Waals surface area contributed by atoms with E-state index >= 15 is 0 Å². The smallest absolute Gasteiger partial charge is 0.271 e. The van der Waals surface area contributed by atoms with Gasteiger partial charge in [-0.05, 0) is 24.5 Å². The zero-order valence-electron chi connectivity index (χ0n) is 12.8. The Kier molecular flexibility index (Phi) is 3.36. The molecule has 1 unspecified atom stereocenters. The first kappa shape index (κ1) is 15.2. The maximum atomic E-state index is 14.5. The molecule has 0 saturated heterocycles. The number of nitrogens with zero attached hydrogens (tertiary/aromatic N) is 1. The van der Waals surface area contributed by atoms with Gasteiger partial charge in [-0.2, -0.15) is 0 Å². The number of hydrogen-bond donors (Lipinski definition) is 3. The van der Waals surface area contributed by atoms with Crippen LogP contribution in [-0.2, 0) is 0 Å². The molecule has 0 bridgehead atoms. The molecule has 3 aromatic rings. The second-order valence-electron chi connectivity index (χ2n) is 5.75. The fourth-order valence-electron chi connectivity index (χ4n) is 3.13. The minimum Gasteiger partial charge on any atom is -0.487 e. The first-order valence-electron chi connectivity index (χ1n) is 7.53. The number of benzene rings is 1. The van der Waals surface area contributed by atoms with Crippen LogP contribution in [0.25, 0.3) is 21.1 Å². The van der Waals surface area contributed by atoms with Crippen molar-refractivity contribution in [3.05, 3.63) is 32.5 Å². The topological polar surface area (TPSA) is 102 Å². The molecule has 126 valence electrons. The third kappa shape index (κ3) is 1.91. The minimum atomic E-state index is -0.602. The van der Waals surface area contributed by atoms with E-state index in [4.69, 9.17) is 10.5 Å². The molecule has 1 aliphatic rings. The van der Waals surface area contributed by atoms with E-state index in [1.807, 2.05) is 11.5 Å². The van der Waals surface area contributed by atoms with Crippen LogP contribution in [-0.4, -0.2) is 28.6 Å². The first-order chi connectivity index (χ1) is 11.5. The Morgan fingerprint density at radius 2 is 2.33 bits per heavy atom. The zero-order chi connectivity index (χ0) is 17.0. The maximum Gasteiger partial charge on any atom is 0.271 e. The van der Waals surface area contributed by atoms with E-state index in [-0.39, 0.29) is 28.3 Å². The molecule has 0 fully saturated rings. The molecular weight excluding hydrogens is 335 g/mol. The van der Waals surface area contributed by atoms with Crippen molar-refractivity contribution >= 4 is 38.3 Å². The Morgan fingerprint density at radius 1 is 1.54 bits per heavy atom. The van der Waals surface area contributed by atoms with Crippen molar-refractivity contribution in [2.24, 2.45) is 5.73 Å². The number of H-pyrrole nitrogens is 1. The molecule has 2 aromatic heterocycles. The lowest BCUT2D eigenvalue weighted by molar-refractivity contribution is 0.251. The highest BCUT2D eigenvalue weighted by molar-refractivity contribution is 7.12. The molecule has 0 amide bonds. The summed E-state index contributed by atoms with van der Waals surface area (Å²) in [6, 6.07) is 1.07. The number of aromatic nitrogens is 2. The lowest BCUT2D eigenvalue weighted by Gasteiger charge is -2.28. The predicted octanol–water partition coefficient (Wildman–Crippen LogP) is 1.37. The molecular formula is C15H15FN4O3S. The van der Waals surface area contributed by atoms with Crippen LogP contribution in [0, 0.1) is 5.82 Å². The second-order valence-corrected chi connectivity index (χ2v) is 6.54. The molecule has 1 aliphatic heterocycles. The zero-order valence-corrected chi connectivity index (χ0v) is 13.6. The monoisotopic (exact) mass is 350 g/mol. The normalized spacial score (nSPS) is 16.5. The van der Waals surface area contributed by atoms with Crippen LogP contribution in [0.15, 0.2) is 15.7 Å². The number of ether oxygens (including phenoxy) is 1. The van der Waals surface area contributed by atoms with Gasteiger partial charge in [-0.25, -0.2) is 4.39 Å². The Morgan fingerprint density at radius 3 is 3.08 bits per heavy atom. The molecule has 7 nitrogen and oxygen atoms in total. The van der Waals surface area contributed by atoms with Gasteiger partial charge in [-0.15, -0.1) is 0 Å². The lowest BCUT2D eigenvalue weighted by atomic mass is 10.1. The molecule has 4 rings (SSSR count). The quantitative estimate of drug-likeness (QED) is 0.662. The summed E-state index contributed by atoms with van der Waals surface area (Å²) in [5.74, 6) is -0.313. The minimum absolute atomic E-state index is 0.0641. The van der Waals surface area contributed by atoms with Crippen LogP contribution in [0.1, 0.15) is 13.0 Å². The van der Waals surface area contributed by atoms with Crippen molar-refractivity contribution in [1.82, 2.24) is 8.94 Å². The molecule has 0 aliphatic carbocycles. The Labute approximate surface area is 139 Å². The van der Waals surface area contributed by atoms with E-state index in [2.05, 4.69) is 9.69 Å². The average Bonchev–Trinajstić information content (AvgIpc) is 2.94. The summed E-state index contributed by atoms with van der Waals surface area (Å²) in [7, 11) is 0. The number of rotatable bonds is 3. The van der Waals surface area contributed by atoms with Gasteiger partial charge in [0, 0.05) is 13.1 Å². The number of anilines is 1. The number of nitrogens with two attached hydrogens (primary N) is 1. The number of halogens is 1. The fraction of sp³-hybridized carbons (Fsp3) is 0.333. The molecule has 0 saturated carbocycles. The molecule has 24 heavy (non-hydrogen) atoms. The van der Waals surface area contributed by atoms with E-state index in [0.717, 1.165) is 17.6 Å². The number of nitrogens with one attached hydrogen (secondary N) is 2. The van der Waals surface area contributed by atoms with Crippen molar-refractivity contribution in [3.8, 4) is 5.75 Å². The largest absolute Gasteiger partial charge is 0.487 e. The number of hydrogen-bond acceptors (Lipinski definition) is 6. The third-order valence-electron chi connectivity index (χ3n) is 4.18. The molecule has 1 atom stereocenters. The van der Waals surface area contributed by atoms with Gasteiger partial charge in [0.05, 0.1) is 16.9 Å². The fourth-order valence-corrected chi connectivity index (χ4v) is 4.08. The van der Waals surface area contributed by atoms with E-state index < -0.39 is 16.8 Å². The third-order valence-corrected chi connectivity index (χ3v) is 5.06.